The number of nitrogens with zero attached hydrogens (tertiary/aromatic N) is 9. The van der Waals surface area contributed by atoms with Gasteiger partial charge < -0.3 is 0 Å². The van der Waals surface area contributed by atoms with Crippen molar-refractivity contribution in [3.05, 3.63) is 77.4 Å². The van der Waals surface area contributed by atoms with Crippen molar-refractivity contribution in [1.82, 2.24) is 44.9 Å². The second-order valence-electron chi connectivity index (χ2n) is 18.5. The van der Waals surface area contributed by atoms with Crippen LogP contribution in [0.1, 0.15) is 133 Å². The Balaban J connectivity index is 1.88. The minimum absolute atomic E-state index is 0.324. The molecule has 0 spiro atoms. The Labute approximate surface area is 302 Å². The van der Waals surface area contributed by atoms with Gasteiger partial charge in [0.25, 0.3) is 0 Å². The van der Waals surface area contributed by atoms with Crippen molar-refractivity contribution in [2.75, 3.05) is 0 Å². The SMILES string of the molecule is CC(C)(C)c1nc(-c2ccc(F)cc2)nc(-c2cc(-c3nc(C(C)(C)C)nc(C(C)(C)C)n3)cc(-c3nc(C(C)(C)C)nc(C(C)(C)C)n3)c2)n1. The van der Waals surface area contributed by atoms with E-state index in [1.807, 2.05) is 18.2 Å². The van der Waals surface area contributed by atoms with Gasteiger partial charge in [-0.1, -0.05) is 104 Å². The molecule has 2 aromatic carbocycles. The van der Waals surface area contributed by atoms with Crippen LogP contribution >= 0.6 is 0 Å². The highest BCUT2D eigenvalue weighted by Crippen LogP contribution is 2.35. The molecule has 0 fully saturated rings. The molecule has 268 valence electrons. The van der Waals surface area contributed by atoms with Crippen LogP contribution in [0.25, 0.3) is 45.6 Å². The highest BCUT2D eigenvalue weighted by atomic mass is 19.1. The van der Waals surface area contributed by atoms with E-state index < -0.39 is 5.41 Å². The maximum atomic E-state index is 13.9. The number of benzene rings is 2. The predicted octanol–water partition coefficient (Wildman–Crippen LogP) is 9.54. The Hall–Kier alpha value is -4.60. The molecule has 0 amide bonds. The summed E-state index contributed by atoms with van der Waals surface area (Å²) in [5.41, 5.74) is 1.20. The lowest BCUT2D eigenvalue weighted by Gasteiger charge is -2.23. The first-order chi connectivity index (χ1) is 23.3. The third-order valence-corrected chi connectivity index (χ3v) is 8.07. The van der Waals surface area contributed by atoms with Gasteiger partial charge in [-0.2, -0.15) is 0 Å². The molecule has 0 N–H and O–H groups in total. The summed E-state index contributed by atoms with van der Waals surface area (Å²) in [6.07, 6.45) is 0. The zero-order valence-electron chi connectivity index (χ0n) is 32.9. The molecule has 3 aromatic heterocycles. The van der Waals surface area contributed by atoms with E-state index in [1.165, 1.54) is 12.1 Å². The van der Waals surface area contributed by atoms with E-state index in [0.717, 1.165) is 11.1 Å². The van der Waals surface area contributed by atoms with Gasteiger partial charge in [0.1, 0.15) is 34.9 Å². The standard InChI is InChI=1S/C41H52FN9/c1-37(2,3)32-44-28(23-16-18-27(42)19-17-23)43-29(45-32)24-20-25(30-46-33(38(4,5)6)50-34(47-30)39(7,8)9)22-26(21-24)31-48-35(40(10,11)12)51-36(49-31)41(13,14)15/h16-22H,1-15H3. The van der Waals surface area contributed by atoms with Gasteiger partial charge in [0, 0.05) is 49.3 Å². The molecule has 5 rings (SSSR count). The summed E-state index contributed by atoms with van der Waals surface area (Å²) < 4.78 is 13.9. The van der Waals surface area contributed by atoms with E-state index in [9.17, 15) is 4.39 Å². The Kier molecular flexibility index (Phi) is 9.50. The van der Waals surface area contributed by atoms with Gasteiger partial charge in [-0.05, 0) is 42.5 Å². The number of hydrogen-bond donors (Lipinski definition) is 0. The largest absolute Gasteiger partial charge is 0.217 e. The monoisotopic (exact) mass is 689 g/mol. The first-order valence-electron chi connectivity index (χ1n) is 17.5. The normalized spacial score (nSPS) is 13.1. The van der Waals surface area contributed by atoms with Crippen LogP contribution in [-0.2, 0) is 27.1 Å². The van der Waals surface area contributed by atoms with Crippen LogP contribution in [-0.4, -0.2) is 44.9 Å². The summed E-state index contributed by atoms with van der Waals surface area (Å²) in [6, 6.07) is 12.2. The summed E-state index contributed by atoms with van der Waals surface area (Å²) >= 11 is 0. The van der Waals surface area contributed by atoms with Crippen molar-refractivity contribution in [1.29, 1.82) is 0 Å². The quantitative estimate of drug-likeness (QED) is 0.182. The summed E-state index contributed by atoms with van der Waals surface area (Å²) in [6.45, 7) is 31.4. The molecular formula is C41H52FN9. The van der Waals surface area contributed by atoms with Crippen molar-refractivity contribution < 1.29 is 4.39 Å². The lowest BCUT2D eigenvalue weighted by molar-refractivity contribution is 0.497. The van der Waals surface area contributed by atoms with E-state index in [-0.39, 0.29) is 27.5 Å². The second-order valence-corrected chi connectivity index (χ2v) is 18.5. The molecule has 0 saturated carbocycles. The van der Waals surface area contributed by atoms with Gasteiger partial charge in [0.05, 0.1) is 0 Å². The summed E-state index contributed by atoms with van der Waals surface area (Å²) in [7, 11) is 0. The maximum Gasteiger partial charge on any atom is 0.163 e. The number of hydrogen-bond acceptors (Lipinski definition) is 9. The van der Waals surface area contributed by atoms with Gasteiger partial charge in [-0.25, -0.2) is 49.2 Å². The van der Waals surface area contributed by atoms with E-state index in [4.69, 9.17) is 44.9 Å². The summed E-state index contributed by atoms with van der Waals surface area (Å²) in [5, 5.41) is 0. The van der Waals surface area contributed by atoms with Gasteiger partial charge >= 0.3 is 0 Å². The minimum atomic E-state index is -0.401. The van der Waals surface area contributed by atoms with E-state index in [0.29, 0.717) is 63.5 Å². The Bertz CT molecular complexity index is 1910. The smallest absolute Gasteiger partial charge is 0.163 e. The molecule has 0 bridgehead atoms. The Morgan fingerprint density at radius 3 is 0.824 bits per heavy atom. The third-order valence-electron chi connectivity index (χ3n) is 8.07. The van der Waals surface area contributed by atoms with Crippen LogP contribution < -0.4 is 0 Å². The molecule has 0 saturated heterocycles. The molecule has 0 radical (unpaired) electrons. The molecule has 0 atom stereocenters. The maximum absolute atomic E-state index is 13.9. The van der Waals surface area contributed by atoms with Gasteiger partial charge in [-0.15, -0.1) is 0 Å². The zero-order chi connectivity index (χ0) is 37.9. The molecule has 0 unspecified atom stereocenters. The number of rotatable bonds is 4. The highest BCUT2D eigenvalue weighted by Gasteiger charge is 2.29. The van der Waals surface area contributed by atoms with Crippen LogP contribution in [0.2, 0.25) is 0 Å². The first-order valence-corrected chi connectivity index (χ1v) is 17.5. The average Bonchev–Trinajstić information content (AvgIpc) is 3.02. The van der Waals surface area contributed by atoms with Crippen molar-refractivity contribution in [2.24, 2.45) is 0 Å². The average molecular weight is 690 g/mol. The fourth-order valence-corrected chi connectivity index (χ4v) is 4.94. The van der Waals surface area contributed by atoms with Gasteiger partial charge in [0.15, 0.2) is 23.3 Å². The predicted molar refractivity (Wildman–Crippen MR) is 202 cm³/mol. The first kappa shape index (κ1) is 37.7. The van der Waals surface area contributed by atoms with Crippen LogP contribution in [0.3, 0.4) is 0 Å². The number of halogens is 1. The zero-order valence-corrected chi connectivity index (χ0v) is 32.9. The molecular weight excluding hydrogens is 638 g/mol. The summed E-state index contributed by atoms with van der Waals surface area (Å²) in [5.74, 6) is 5.05. The fraction of sp³-hybridized carbons (Fsp3) is 0.488. The van der Waals surface area contributed by atoms with Crippen LogP contribution in [0.15, 0.2) is 42.5 Å². The molecule has 5 aromatic rings. The van der Waals surface area contributed by atoms with Crippen LogP contribution in [0.5, 0.6) is 0 Å². The molecule has 0 aliphatic rings. The molecule has 51 heavy (non-hydrogen) atoms. The van der Waals surface area contributed by atoms with E-state index >= 15 is 0 Å². The fourth-order valence-electron chi connectivity index (χ4n) is 4.94. The van der Waals surface area contributed by atoms with Gasteiger partial charge in [-0.3, -0.25) is 0 Å². The summed E-state index contributed by atoms with van der Waals surface area (Å²) in [4.78, 5) is 44.8. The van der Waals surface area contributed by atoms with Crippen LogP contribution in [0, 0.1) is 5.82 Å². The van der Waals surface area contributed by atoms with Crippen molar-refractivity contribution >= 4 is 0 Å². The van der Waals surface area contributed by atoms with E-state index in [1.54, 1.807) is 12.1 Å². The van der Waals surface area contributed by atoms with Crippen molar-refractivity contribution in [3.63, 3.8) is 0 Å². The Morgan fingerprint density at radius 1 is 0.314 bits per heavy atom. The lowest BCUT2D eigenvalue weighted by atomic mass is 9.92. The minimum Gasteiger partial charge on any atom is -0.217 e. The lowest BCUT2D eigenvalue weighted by Crippen LogP contribution is -2.24. The van der Waals surface area contributed by atoms with Gasteiger partial charge in [0.2, 0.25) is 0 Å². The number of aromatic nitrogens is 9. The third kappa shape index (κ3) is 8.65. The molecule has 10 heteroatoms. The van der Waals surface area contributed by atoms with Crippen molar-refractivity contribution in [2.45, 2.75) is 131 Å². The Morgan fingerprint density at radius 2 is 0.549 bits per heavy atom. The van der Waals surface area contributed by atoms with E-state index in [2.05, 4.69) is 104 Å². The second kappa shape index (κ2) is 12.9. The van der Waals surface area contributed by atoms with Crippen molar-refractivity contribution in [3.8, 4) is 45.6 Å². The molecule has 9 nitrogen and oxygen atoms in total. The van der Waals surface area contributed by atoms with Crippen LogP contribution in [0.4, 0.5) is 4.39 Å². The highest BCUT2D eigenvalue weighted by molar-refractivity contribution is 5.76. The molecule has 0 aliphatic carbocycles. The molecule has 3 heterocycles. The molecule has 0 aliphatic heterocycles. The topological polar surface area (TPSA) is 116 Å².